The molecule has 0 aromatic heterocycles. The minimum atomic E-state index is -0.890. The summed E-state index contributed by atoms with van der Waals surface area (Å²) in [7, 11) is 0. The largest absolute Gasteiger partial charge is 0.494 e. The van der Waals surface area contributed by atoms with Crippen LogP contribution in [-0.2, 0) is 11.3 Å². The average molecular weight is 529 g/mol. The molecule has 2 heterocycles. The van der Waals surface area contributed by atoms with Crippen molar-refractivity contribution < 1.29 is 19.4 Å². The first-order valence-electron chi connectivity index (χ1n) is 13.7. The van der Waals surface area contributed by atoms with Crippen molar-refractivity contribution in [2.75, 3.05) is 39.4 Å². The third-order valence-electron chi connectivity index (χ3n) is 7.37. The van der Waals surface area contributed by atoms with E-state index >= 15 is 0 Å². The minimum Gasteiger partial charge on any atom is -0.494 e. The normalized spacial score (nSPS) is 21.1. The van der Waals surface area contributed by atoms with Crippen molar-refractivity contribution in [3.63, 3.8) is 0 Å². The number of aryl methyl sites for hydroxylation is 2. The van der Waals surface area contributed by atoms with Gasteiger partial charge in [0.2, 0.25) is 5.91 Å². The second-order valence-corrected chi connectivity index (χ2v) is 11.1. The summed E-state index contributed by atoms with van der Waals surface area (Å²) in [5, 5.41) is 12.0. The Morgan fingerprint density at radius 2 is 1.81 bits per heavy atom. The van der Waals surface area contributed by atoms with Crippen LogP contribution >= 0.6 is 11.6 Å². The summed E-state index contributed by atoms with van der Waals surface area (Å²) < 4.78 is 12.0. The number of benzene rings is 2. The molecule has 6 nitrogen and oxygen atoms in total. The molecule has 1 atom stereocenters. The van der Waals surface area contributed by atoms with E-state index < -0.39 is 5.60 Å². The number of ether oxygens (including phenoxy) is 2. The quantitative estimate of drug-likeness (QED) is 0.410. The minimum absolute atomic E-state index is 0.257. The Bertz CT molecular complexity index is 1040. The summed E-state index contributed by atoms with van der Waals surface area (Å²) >= 11 is 6.28. The lowest BCUT2D eigenvalue weighted by molar-refractivity contribution is -0.130. The van der Waals surface area contributed by atoms with Crippen LogP contribution in [0.15, 0.2) is 36.4 Å². The summed E-state index contributed by atoms with van der Waals surface area (Å²) in [6.45, 7) is 8.68. The molecule has 0 bridgehead atoms. The Morgan fingerprint density at radius 3 is 2.62 bits per heavy atom. The number of halogens is 1. The summed E-state index contributed by atoms with van der Waals surface area (Å²) in [6.07, 6.45) is 6.42. The summed E-state index contributed by atoms with van der Waals surface area (Å²) in [5.41, 5.74) is 2.23. The van der Waals surface area contributed by atoms with Crippen molar-refractivity contribution in [1.82, 2.24) is 9.80 Å². The van der Waals surface area contributed by atoms with Crippen LogP contribution in [0.4, 0.5) is 0 Å². The molecule has 2 saturated heterocycles. The zero-order valence-corrected chi connectivity index (χ0v) is 23.1. The fraction of sp³-hybridized carbons (Fsp3) is 0.567. The van der Waals surface area contributed by atoms with E-state index in [1.807, 2.05) is 43.0 Å². The van der Waals surface area contributed by atoms with Crippen molar-refractivity contribution >= 4 is 17.5 Å². The lowest BCUT2D eigenvalue weighted by Crippen LogP contribution is -2.51. The van der Waals surface area contributed by atoms with Crippen LogP contribution < -0.4 is 9.47 Å². The maximum absolute atomic E-state index is 12.2. The predicted octanol–water partition coefficient (Wildman–Crippen LogP) is 5.53. The van der Waals surface area contributed by atoms with Gasteiger partial charge in [0.15, 0.2) is 0 Å². The molecule has 2 aromatic carbocycles. The number of hydrogen-bond acceptors (Lipinski definition) is 5. The van der Waals surface area contributed by atoms with Crippen LogP contribution in [0.5, 0.6) is 11.5 Å². The highest BCUT2D eigenvalue weighted by Crippen LogP contribution is 2.29. The van der Waals surface area contributed by atoms with E-state index in [2.05, 4.69) is 17.0 Å². The predicted molar refractivity (Wildman–Crippen MR) is 147 cm³/mol. The Labute approximate surface area is 226 Å². The van der Waals surface area contributed by atoms with Gasteiger partial charge in [0.25, 0.3) is 0 Å². The lowest BCUT2D eigenvalue weighted by atomic mass is 9.93. The number of amides is 1. The standard InChI is InChI=1S/C30H41ClN2O4/c1-23-17-27(18-24(2)29(23)31)37-22-30(35)12-7-13-32(21-30)20-25-9-6-10-26(19-25)36-16-8-15-33-14-5-3-4-11-28(33)34/h6,9-10,17-19,35H,3-5,7-8,11-16,20-22H2,1-2H3/t30-/m0/s1. The van der Waals surface area contributed by atoms with Gasteiger partial charge in [0, 0.05) is 37.6 Å². The highest BCUT2D eigenvalue weighted by Gasteiger charge is 2.34. The molecule has 1 N–H and O–H groups in total. The molecule has 0 spiro atoms. The highest BCUT2D eigenvalue weighted by molar-refractivity contribution is 6.32. The fourth-order valence-electron chi connectivity index (χ4n) is 5.38. The highest BCUT2D eigenvalue weighted by atomic mass is 35.5. The Balaban J connectivity index is 1.25. The molecular formula is C30H41ClN2O4. The number of carbonyl (C=O) groups excluding carboxylic acids is 1. The molecule has 37 heavy (non-hydrogen) atoms. The van der Waals surface area contributed by atoms with Crippen LogP contribution in [0.3, 0.4) is 0 Å². The molecule has 2 aliphatic heterocycles. The van der Waals surface area contributed by atoms with E-state index in [-0.39, 0.29) is 12.5 Å². The van der Waals surface area contributed by atoms with E-state index in [4.69, 9.17) is 21.1 Å². The number of hydrogen-bond donors (Lipinski definition) is 1. The van der Waals surface area contributed by atoms with E-state index in [1.54, 1.807) is 0 Å². The molecular weight excluding hydrogens is 488 g/mol. The first kappa shape index (κ1) is 27.7. The summed E-state index contributed by atoms with van der Waals surface area (Å²) in [4.78, 5) is 16.4. The third kappa shape index (κ3) is 8.10. The Morgan fingerprint density at radius 1 is 1.00 bits per heavy atom. The number of β-amino-alcohol motifs (C(OH)–C–C–N with tert-alkyl or cyclic N) is 1. The van der Waals surface area contributed by atoms with Crippen LogP contribution in [0.25, 0.3) is 0 Å². The first-order valence-corrected chi connectivity index (χ1v) is 14.0. The van der Waals surface area contributed by atoms with E-state index in [0.29, 0.717) is 19.6 Å². The number of carbonyl (C=O) groups is 1. The van der Waals surface area contributed by atoms with Crippen LogP contribution in [0, 0.1) is 13.8 Å². The third-order valence-corrected chi connectivity index (χ3v) is 7.97. The van der Waals surface area contributed by atoms with Crippen molar-refractivity contribution in [3.8, 4) is 11.5 Å². The fourth-order valence-corrected chi connectivity index (χ4v) is 5.49. The van der Waals surface area contributed by atoms with Crippen molar-refractivity contribution in [2.45, 2.75) is 70.9 Å². The maximum Gasteiger partial charge on any atom is 0.222 e. The molecule has 2 aliphatic rings. The average Bonchev–Trinajstić information content (AvgIpc) is 3.08. The zero-order chi connectivity index (χ0) is 26.3. The smallest absolute Gasteiger partial charge is 0.222 e. The first-order chi connectivity index (χ1) is 17.8. The molecule has 0 unspecified atom stereocenters. The molecule has 2 aromatic rings. The van der Waals surface area contributed by atoms with Crippen molar-refractivity contribution in [1.29, 1.82) is 0 Å². The number of nitrogens with zero attached hydrogens (tertiary/aromatic N) is 2. The number of aliphatic hydroxyl groups is 1. The van der Waals surface area contributed by atoms with Gasteiger partial charge in [-0.15, -0.1) is 0 Å². The Hall–Kier alpha value is -2.28. The Kier molecular flexibility index (Phi) is 9.74. The summed E-state index contributed by atoms with van der Waals surface area (Å²) in [5.74, 6) is 1.88. The molecule has 7 heteroatoms. The number of rotatable bonds is 10. The van der Waals surface area contributed by atoms with Gasteiger partial charge in [-0.1, -0.05) is 30.2 Å². The van der Waals surface area contributed by atoms with Crippen molar-refractivity contribution in [2.24, 2.45) is 0 Å². The molecule has 0 aliphatic carbocycles. The van der Waals surface area contributed by atoms with E-state index in [9.17, 15) is 9.90 Å². The van der Waals surface area contributed by atoms with Gasteiger partial charge in [0.1, 0.15) is 23.7 Å². The van der Waals surface area contributed by atoms with Crippen LogP contribution in [-0.4, -0.2) is 65.8 Å². The van der Waals surface area contributed by atoms with Crippen LogP contribution in [0.1, 0.15) is 61.6 Å². The molecule has 0 radical (unpaired) electrons. The van der Waals surface area contributed by atoms with Gasteiger partial charge >= 0.3 is 0 Å². The monoisotopic (exact) mass is 528 g/mol. The maximum atomic E-state index is 12.2. The SMILES string of the molecule is Cc1cc(OC[C@]2(O)CCCN(Cc3cccc(OCCCN4CCCCCC4=O)c3)C2)cc(C)c1Cl. The molecule has 0 saturated carbocycles. The van der Waals surface area contributed by atoms with Gasteiger partial charge in [-0.25, -0.2) is 0 Å². The second kappa shape index (κ2) is 13.0. The van der Waals surface area contributed by atoms with Gasteiger partial charge in [-0.2, -0.15) is 0 Å². The topological polar surface area (TPSA) is 62.2 Å². The van der Waals surface area contributed by atoms with Gasteiger partial charge in [-0.05, 0) is 93.5 Å². The molecule has 202 valence electrons. The summed E-state index contributed by atoms with van der Waals surface area (Å²) in [6, 6.07) is 12.0. The number of piperidine rings is 1. The zero-order valence-electron chi connectivity index (χ0n) is 22.3. The van der Waals surface area contributed by atoms with E-state index in [1.165, 1.54) is 0 Å². The van der Waals surface area contributed by atoms with Gasteiger partial charge < -0.3 is 19.5 Å². The van der Waals surface area contributed by atoms with Gasteiger partial charge in [0.05, 0.1) is 6.61 Å². The lowest BCUT2D eigenvalue weighted by Gasteiger charge is -2.39. The molecule has 2 fully saturated rings. The molecule has 1 amide bonds. The number of likely N-dealkylation sites (tertiary alicyclic amines) is 2. The molecule has 4 rings (SSSR count). The second-order valence-electron chi connectivity index (χ2n) is 10.7. The van der Waals surface area contributed by atoms with E-state index in [0.717, 1.165) is 97.9 Å². The van der Waals surface area contributed by atoms with Crippen molar-refractivity contribution in [3.05, 3.63) is 58.1 Å². The van der Waals surface area contributed by atoms with Gasteiger partial charge in [-0.3, -0.25) is 9.69 Å². The van der Waals surface area contributed by atoms with Crippen LogP contribution in [0.2, 0.25) is 5.02 Å².